The fraction of sp³-hybridized carbons (Fsp3) is 0. The van der Waals surface area contributed by atoms with E-state index in [1.807, 2.05) is 0 Å². The van der Waals surface area contributed by atoms with E-state index >= 15 is 0 Å². The van der Waals surface area contributed by atoms with E-state index in [1.165, 1.54) is 120 Å². The Balaban J connectivity index is 1.46. The fourth-order valence-corrected chi connectivity index (χ4v) is 9.55. The Hall–Kier alpha value is -6.50. The Kier molecular flexibility index (Phi) is 5.06. The lowest BCUT2D eigenvalue weighted by atomic mass is 9.79. The Morgan fingerprint density at radius 2 is 0.500 bits per heavy atom. The van der Waals surface area contributed by atoms with Crippen LogP contribution in [-0.2, 0) is 0 Å². The smallest absolute Gasteiger partial charge is 0.000136 e. The standard InChI is InChI=1S/C50H28/c1-5-13-29(14-6-1)39-40(30-15-7-2-8-16-30)44(32-19-11-4-12-20-32)49-38-28-36-26-24-34-22-21-33-23-25-35-27-37(48(49)43(39)31-17-9-3-10-18-31)47(38)50-45(35)41(33)42(34)46(36)50/h1-28H. The number of hydrogen-bond acceptors (Lipinski definition) is 0. The molecule has 50 heavy (non-hydrogen) atoms. The predicted octanol–water partition coefficient (Wildman–Crippen LogP) is 14.2. The second-order valence-electron chi connectivity index (χ2n) is 13.9. The molecule has 0 heteroatoms. The van der Waals surface area contributed by atoms with Crippen molar-refractivity contribution in [2.45, 2.75) is 0 Å². The van der Waals surface area contributed by atoms with Gasteiger partial charge in [0.15, 0.2) is 0 Å². The van der Waals surface area contributed by atoms with Gasteiger partial charge >= 0.3 is 0 Å². The van der Waals surface area contributed by atoms with Gasteiger partial charge in [-0.3, -0.25) is 0 Å². The summed E-state index contributed by atoms with van der Waals surface area (Å²) >= 11 is 0. The molecule has 12 aromatic rings. The first kappa shape index (κ1) is 26.5. The van der Waals surface area contributed by atoms with Crippen LogP contribution in [-0.4, -0.2) is 0 Å². The van der Waals surface area contributed by atoms with Crippen molar-refractivity contribution in [2.24, 2.45) is 0 Å². The Labute approximate surface area is 288 Å². The zero-order valence-corrected chi connectivity index (χ0v) is 27.2. The maximum atomic E-state index is 2.52. The summed E-state index contributed by atoms with van der Waals surface area (Å²) in [5.41, 5.74) is 10.1. The van der Waals surface area contributed by atoms with Crippen molar-refractivity contribution >= 4 is 75.4 Å². The minimum Gasteiger partial charge on any atom is -0.0622 e. The normalized spacial score (nSPS) is 12.4. The first-order valence-electron chi connectivity index (χ1n) is 17.5. The van der Waals surface area contributed by atoms with Gasteiger partial charge in [0.1, 0.15) is 0 Å². The quantitative estimate of drug-likeness (QED) is 0.170. The Morgan fingerprint density at radius 1 is 0.200 bits per heavy atom. The van der Waals surface area contributed by atoms with E-state index in [-0.39, 0.29) is 0 Å². The molecule has 0 bridgehead atoms. The van der Waals surface area contributed by atoms with Crippen LogP contribution in [0.2, 0.25) is 0 Å². The Morgan fingerprint density at radius 3 is 0.860 bits per heavy atom. The van der Waals surface area contributed by atoms with Crippen LogP contribution in [0.4, 0.5) is 0 Å². The molecule has 0 nitrogen and oxygen atoms in total. The molecule has 0 saturated carbocycles. The number of rotatable bonds is 4. The third-order valence-electron chi connectivity index (χ3n) is 11.4. The molecule has 0 aliphatic carbocycles. The second-order valence-corrected chi connectivity index (χ2v) is 13.9. The third-order valence-corrected chi connectivity index (χ3v) is 11.4. The van der Waals surface area contributed by atoms with Gasteiger partial charge in [0, 0.05) is 0 Å². The van der Waals surface area contributed by atoms with Gasteiger partial charge in [-0.25, -0.2) is 0 Å². The maximum Gasteiger partial charge on any atom is -0.000136 e. The van der Waals surface area contributed by atoms with Crippen molar-refractivity contribution in [3.05, 3.63) is 170 Å². The highest BCUT2D eigenvalue weighted by molar-refractivity contribution is 6.52. The van der Waals surface area contributed by atoms with Crippen LogP contribution in [0.3, 0.4) is 0 Å². The zero-order chi connectivity index (χ0) is 32.5. The van der Waals surface area contributed by atoms with Crippen LogP contribution in [0.15, 0.2) is 170 Å². The lowest BCUT2D eigenvalue weighted by Gasteiger charge is -2.23. The highest BCUT2D eigenvalue weighted by Gasteiger charge is 2.31. The van der Waals surface area contributed by atoms with E-state index in [0.717, 1.165) is 0 Å². The molecule has 12 rings (SSSR count). The number of hydrogen-bond donors (Lipinski definition) is 0. The topological polar surface area (TPSA) is 0 Å². The molecule has 0 saturated heterocycles. The molecule has 0 heterocycles. The third kappa shape index (κ3) is 3.26. The van der Waals surface area contributed by atoms with E-state index in [1.54, 1.807) is 0 Å². The van der Waals surface area contributed by atoms with Crippen LogP contribution < -0.4 is 0 Å². The summed E-state index contributed by atoms with van der Waals surface area (Å²) in [7, 11) is 0. The first-order chi connectivity index (χ1) is 24.8. The van der Waals surface area contributed by atoms with Gasteiger partial charge < -0.3 is 0 Å². The van der Waals surface area contributed by atoms with E-state index in [4.69, 9.17) is 0 Å². The lowest BCUT2D eigenvalue weighted by Crippen LogP contribution is -1.96. The van der Waals surface area contributed by atoms with E-state index in [0.29, 0.717) is 0 Å². The van der Waals surface area contributed by atoms with Crippen LogP contribution >= 0.6 is 0 Å². The van der Waals surface area contributed by atoms with Gasteiger partial charge in [0.05, 0.1) is 0 Å². The van der Waals surface area contributed by atoms with Crippen molar-refractivity contribution in [1.29, 1.82) is 0 Å². The summed E-state index contributed by atoms with van der Waals surface area (Å²) in [6.45, 7) is 0. The van der Waals surface area contributed by atoms with Crippen LogP contribution in [0.5, 0.6) is 0 Å². The van der Waals surface area contributed by atoms with Crippen molar-refractivity contribution < 1.29 is 0 Å². The molecular formula is C50H28. The van der Waals surface area contributed by atoms with Gasteiger partial charge in [-0.15, -0.1) is 0 Å². The second kappa shape index (κ2) is 9.56. The molecule has 0 aliphatic heterocycles. The van der Waals surface area contributed by atoms with Crippen LogP contribution in [0, 0.1) is 0 Å². The summed E-state index contributed by atoms with van der Waals surface area (Å²) in [4.78, 5) is 0. The summed E-state index contributed by atoms with van der Waals surface area (Å²) in [5, 5.41) is 19.2. The van der Waals surface area contributed by atoms with Crippen molar-refractivity contribution in [2.75, 3.05) is 0 Å². The van der Waals surface area contributed by atoms with Gasteiger partial charge in [-0.2, -0.15) is 0 Å². The van der Waals surface area contributed by atoms with Gasteiger partial charge in [0.25, 0.3) is 0 Å². The highest BCUT2D eigenvalue weighted by atomic mass is 14.3. The molecule has 0 aromatic heterocycles. The molecule has 0 amide bonds. The maximum absolute atomic E-state index is 2.52. The average Bonchev–Trinajstić information content (AvgIpc) is 3.72. The molecule has 0 N–H and O–H groups in total. The SMILES string of the molecule is c1ccc(-c2c(-c3ccccc3)c(-c3ccccc3)c3c4cc5ccc6ccc7ccc8cc(c3c2-c2ccccc2)c4c2c8c7c6c52)cc1. The van der Waals surface area contributed by atoms with E-state index in [2.05, 4.69) is 170 Å². The molecule has 0 atom stereocenters. The minimum absolute atomic E-state index is 1.23. The van der Waals surface area contributed by atoms with Gasteiger partial charge in [-0.1, -0.05) is 158 Å². The fourth-order valence-electron chi connectivity index (χ4n) is 9.55. The summed E-state index contributed by atoms with van der Waals surface area (Å²) < 4.78 is 0. The lowest BCUT2D eigenvalue weighted by molar-refractivity contribution is 1.58. The van der Waals surface area contributed by atoms with Crippen molar-refractivity contribution in [3.8, 4) is 44.5 Å². The summed E-state index contributed by atoms with van der Waals surface area (Å²) in [6.07, 6.45) is 0. The molecule has 0 aliphatic rings. The number of benzene rings is 10. The molecule has 12 aromatic carbocycles. The van der Waals surface area contributed by atoms with Gasteiger partial charge in [0.2, 0.25) is 0 Å². The molecule has 0 fully saturated rings. The van der Waals surface area contributed by atoms with Crippen molar-refractivity contribution in [1.82, 2.24) is 0 Å². The predicted molar refractivity (Wildman–Crippen MR) is 215 cm³/mol. The summed E-state index contributed by atoms with van der Waals surface area (Å²) in [6, 6.07) is 63.4. The summed E-state index contributed by atoms with van der Waals surface area (Å²) in [5.74, 6) is 0. The van der Waals surface area contributed by atoms with Crippen molar-refractivity contribution in [3.63, 3.8) is 0 Å². The Bertz CT molecular complexity index is 2980. The van der Waals surface area contributed by atoms with E-state index in [9.17, 15) is 0 Å². The zero-order valence-electron chi connectivity index (χ0n) is 27.2. The number of fused-ring (bicyclic) bond motifs is 3. The van der Waals surface area contributed by atoms with Crippen LogP contribution in [0.25, 0.3) is 120 Å². The average molecular weight is 629 g/mol. The molecule has 0 radical (unpaired) electrons. The van der Waals surface area contributed by atoms with Gasteiger partial charge in [-0.05, 0) is 132 Å². The van der Waals surface area contributed by atoms with E-state index < -0.39 is 0 Å². The molecule has 228 valence electrons. The highest BCUT2D eigenvalue weighted by Crippen LogP contribution is 2.59. The molecule has 0 spiro atoms. The largest absolute Gasteiger partial charge is 0.0622 e. The van der Waals surface area contributed by atoms with Crippen LogP contribution in [0.1, 0.15) is 0 Å². The minimum atomic E-state index is 1.23. The first-order valence-corrected chi connectivity index (χ1v) is 17.5. The molecular weight excluding hydrogens is 601 g/mol. The molecule has 0 unspecified atom stereocenters. The monoisotopic (exact) mass is 628 g/mol.